The zero-order valence-corrected chi connectivity index (χ0v) is 15.8. The molecule has 0 spiro atoms. The Bertz CT molecular complexity index is 519. The second-order valence-corrected chi connectivity index (χ2v) is 7.25. The number of piperidine rings is 1. The molecule has 1 aromatic rings. The van der Waals surface area contributed by atoms with Gasteiger partial charge in [0.25, 0.3) is 0 Å². The zero-order valence-electron chi connectivity index (χ0n) is 15.8. The van der Waals surface area contributed by atoms with Gasteiger partial charge in [0.15, 0.2) is 0 Å². The van der Waals surface area contributed by atoms with E-state index in [2.05, 4.69) is 51.5 Å². The van der Waals surface area contributed by atoms with Crippen molar-refractivity contribution in [3.63, 3.8) is 0 Å². The molecule has 0 bridgehead atoms. The molecule has 0 saturated carbocycles. The maximum atomic E-state index is 11.9. The molecular formula is C21H33N3O. The van der Waals surface area contributed by atoms with E-state index in [1.165, 1.54) is 18.4 Å². The molecule has 138 valence electrons. The van der Waals surface area contributed by atoms with Crippen LogP contribution in [-0.4, -0.2) is 62.5 Å². The molecule has 4 nitrogen and oxygen atoms in total. The Hall–Kier alpha value is -1.65. The normalized spacial score (nSPS) is 16.6. The SMILES string of the molecule is CN(C)CCNC(=O)CCC1CCN(C/C=C/c2ccccc2)CC1. The number of carbonyl (C=O) groups is 1. The van der Waals surface area contributed by atoms with Crippen molar-refractivity contribution in [3.05, 3.63) is 42.0 Å². The summed E-state index contributed by atoms with van der Waals surface area (Å²) in [6.07, 6.45) is 8.58. The van der Waals surface area contributed by atoms with Gasteiger partial charge in [-0.3, -0.25) is 9.69 Å². The van der Waals surface area contributed by atoms with Crippen molar-refractivity contribution in [3.8, 4) is 0 Å². The summed E-state index contributed by atoms with van der Waals surface area (Å²) >= 11 is 0. The largest absolute Gasteiger partial charge is 0.355 e. The van der Waals surface area contributed by atoms with Crippen molar-refractivity contribution in [2.24, 2.45) is 5.92 Å². The van der Waals surface area contributed by atoms with Gasteiger partial charge >= 0.3 is 0 Å². The van der Waals surface area contributed by atoms with Gasteiger partial charge in [-0.15, -0.1) is 0 Å². The number of hydrogen-bond donors (Lipinski definition) is 1. The number of hydrogen-bond acceptors (Lipinski definition) is 3. The molecule has 0 aliphatic carbocycles. The minimum Gasteiger partial charge on any atom is -0.355 e. The average Bonchev–Trinajstić information content (AvgIpc) is 2.62. The Balaban J connectivity index is 1.57. The second kappa shape index (κ2) is 11.1. The number of nitrogens with zero attached hydrogens (tertiary/aromatic N) is 2. The highest BCUT2D eigenvalue weighted by molar-refractivity contribution is 5.75. The van der Waals surface area contributed by atoms with Crippen molar-refractivity contribution in [1.29, 1.82) is 0 Å². The summed E-state index contributed by atoms with van der Waals surface area (Å²) in [5, 5.41) is 3.01. The van der Waals surface area contributed by atoms with Crippen molar-refractivity contribution in [2.75, 3.05) is 46.8 Å². The maximum Gasteiger partial charge on any atom is 0.220 e. The summed E-state index contributed by atoms with van der Waals surface area (Å²) in [6, 6.07) is 10.5. The standard InChI is InChI=1S/C21H33N3O/c1-23(2)18-14-22-21(25)11-10-20-12-16-24(17-13-20)15-6-9-19-7-4-3-5-8-19/h3-9,20H,10-18H2,1-2H3,(H,22,25)/b9-6+. The van der Waals surface area contributed by atoms with Gasteiger partial charge in [0, 0.05) is 26.1 Å². The summed E-state index contributed by atoms with van der Waals surface area (Å²) in [7, 11) is 4.05. The van der Waals surface area contributed by atoms with Crippen LogP contribution >= 0.6 is 0 Å². The highest BCUT2D eigenvalue weighted by atomic mass is 16.1. The molecule has 1 saturated heterocycles. The van der Waals surface area contributed by atoms with E-state index in [9.17, 15) is 4.79 Å². The summed E-state index contributed by atoms with van der Waals surface area (Å²) < 4.78 is 0. The molecular weight excluding hydrogens is 310 g/mol. The number of likely N-dealkylation sites (N-methyl/N-ethyl adjacent to an activating group) is 1. The lowest BCUT2D eigenvalue weighted by Crippen LogP contribution is -2.35. The molecule has 2 rings (SSSR count). The van der Waals surface area contributed by atoms with Crippen LogP contribution in [0.2, 0.25) is 0 Å². The van der Waals surface area contributed by atoms with Crippen LogP contribution < -0.4 is 5.32 Å². The summed E-state index contributed by atoms with van der Waals surface area (Å²) in [4.78, 5) is 16.5. The number of likely N-dealkylation sites (tertiary alicyclic amines) is 1. The molecule has 1 fully saturated rings. The van der Waals surface area contributed by atoms with E-state index < -0.39 is 0 Å². The van der Waals surface area contributed by atoms with E-state index in [4.69, 9.17) is 0 Å². The second-order valence-electron chi connectivity index (χ2n) is 7.25. The van der Waals surface area contributed by atoms with Gasteiger partial charge in [-0.2, -0.15) is 0 Å². The molecule has 1 amide bonds. The first-order valence-corrected chi connectivity index (χ1v) is 9.49. The first-order valence-electron chi connectivity index (χ1n) is 9.49. The van der Waals surface area contributed by atoms with Gasteiger partial charge in [-0.1, -0.05) is 42.5 Å². The molecule has 1 aliphatic rings. The Kier molecular flexibility index (Phi) is 8.70. The Morgan fingerprint density at radius 2 is 1.96 bits per heavy atom. The van der Waals surface area contributed by atoms with E-state index in [0.29, 0.717) is 12.3 Å². The lowest BCUT2D eigenvalue weighted by molar-refractivity contribution is -0.121. The molecule has 0 radical (unpaired) electrons. The van der Waals surface area contributed by atoms with Crippen LogP contribution in [0.3, 0.4) is 0 Å². The number of amides is 1. The minimum absolute atomic E-state index is 0.204. The van der Waals surface area contributed by atoms with Gasteiger partial charge in [-0.05, 0) is 57.9 Å². The van der Waals surface area contributed by atoms with E-state index >= 15 is 0 Å². The molecule has 0 atom stereocenters. The van der Waals surface area contributed by atoms with Crippen LogP contribution in [-0.2, 0) is 4.79 Å². The smallest absolute Gasteiger partial charge is 0.220 e. The topological polar surface area (TPSA) is 35.6 Å². The molecule has 1 N–H and O–H groups in total. The Morgan fingerprint density at radius 3 is 2.64 bits per heavy atom. The highest BCUT2D eigenvalue weighted by Crippen LogP contribution is 2.21. The van der Waals surface area contributed by atoms with E-state index in [-0.39, 0.29) is 5.91 Å². The van der Waals surface area contributed by atoms with Crippen molar-refractivity contribution >= 4 is 12.0 Å². The molecule has 0 aromatic heterocycles. The van der Waals surface area contributed by atoms with Crippen LogP contribution in [0.15, 0.2) is 36.4 Å². The number of nitrogens with one attached hydrogen (secondary N) is 1. The lowest BCUT2D eigenvalue weighted by atomic mass is 9.92. The van der Waals surface area contributed by atoms with Crippen LogP contribution in [0.4, 0.5) is 0 Å². The Morgan fingerprint density at radius 1 is 1.24 bits per heavy atom. The van der Waals surface area contributed by atoms with Gasteiger partial charge in [-0.25, -0.2) is 0 Å². The molecule has 1 aromatic carbocycles. The van der Waals surface area contributed by atoms with Gasteiger partial charge in [0.05, 0.1) is 0 Å². The molecule has 4 heteroatoms. The monoisotopic (exact) mass is 343 g/mol. The van der Waals surface area contributed by atoms with Gasteiger partial charge < -0.3 is 10.2 Å². The maximum absolute atomic E-state index is 11.9. The fourth-order valence-corrected chi connectivity index (χ4v) is 3.20. The highest BCUT2D eigenvalue weighted by Gasteiger charge is 2.19. The lowest BCUT2D eigenvalue weighted by Gasteiger charge is -2.31. The van der Waals surface area contributed by atoms with Crippen molar-refractivity contribution < 1.29 is 4.79 Å². The fraction of sp³-hybridized carbons (Fsp3) is 0.571. The molecule has 0 unspecified atom stereocenters. The van der Waals surface area contributed by atoms with Crippen LogP contribution in [0.5, 0.6) is 0 Å². The van der Waals surface area contributed by atoms with Crippen LogP contribution in [0.25, 0.3) is 6.08 Å². The van der Waals surface area contributed by atoms with Crippen molar-refractivity contribution in [2.45, 2.75) is 25.7 Å². The third kappa shape index (κ3) is 8.32. The quantitative estimate of drug-likeness (QED) is 0.749. The number of carbonyl (C=O) groups excluding carboxylic acids is 1. The summed E-state index contributed by atoms with van der Waals surface area (Å²) in [6.45, 7) is 4.96. The molecule has 25 heavy (non-hydrogen) atoms. The third-order valence-corrected chi connectivity index (χ3v) is 4.84. The molecule has 1 heterocycles. The van der Waals surface area contributed by atoms with E-state index in [0.717, 1.165) is 39.1 Å². The van der Waals surface area contributed by atoms with Crippen LogP contribution in [0.1, 0.15) is 31.2 Å². The predicted molar refractivity (Wildman–Crippen MR) is 105 cm³/mol. The van der Waals surface area contributed by atoms with E-state index in [1.807, 2.05) is 20.2 Å². The first-order chi connectivity index (χ1) is 12.1. The molecule has 1 aliphatic heterocycles. The fourth-order valence-electron chi connectivity index (χ4n) is 3.20. The summed E-state index contributed by atoms with van der Waals surface area (Å²) in [5.41, 5.74) is 1.26. The zero-order chi connectivity index (χ0) is 17.9. The van der Waals surface area contributed by atoms with Crippen molar-refractivity contribution in [1.82, 2.24) is 15.1 Å². The third-order valence-electron chi connectivity index (χ3n) is 4.84. The minimum atomic E-state index is 0.204. The van der Waals surface area contributed by atoms with Gasteiger partial charge in [0.2, 0.25) is 5.91 Å². The Labute approximate surface area is 152 Å². The summed E-state index contributed by atoms with van der Waals surface area (Å²) in [5.74, 6) is 0.907. The first kappa shape index (κ1) is 19.7. The number of benzene rings is 1. The average molecular weight is 344 g/mol. The van der Waals surface area contributed by atoms with Crippen LogP contribution in [0, 0.1) is 5.92 Å². The predicted octanol–water partition coefficient (Wildman–Crippen LogP) is 2.87. The number of rotatable bonds is 9. The van der Waals surface area contributed by atoms with E-state index in [1.54, 1.807) is 0 Å². The van der Waals surface area contributed by atoms with Gasteiger partial charge in [0.1, 0.15) is 0 Å².